The molecule has 1 unspecified atom stereocenters. The molecule has 15 heavy (non-hydrogen) atoms. The average Bonchev–Trinajstić information content (AvgIpc) is 2.10. The molecule has 0 saturated heterocycles. The standard InChI is InChI=1S/C9H16N2O4/c1-2-3-4-6(9(14)15)11-8(13)5-7(10)12/h6H,2-5H2,1H3,(H2,10,12)(H,11,13)(H,14,15). The molecule has 0 aromatic carbocycles. The van der Waals surface area contributed by atoms with Crippen LogP contribution in [0.3, 0.4) is 0 Å². The van der Waals surface area contributed by atoms with Gasteiger partial charge in [-0.25, -0.2) is 4.79 Å². The average molecular weight is 216 g/mol. The van der Waals surface area contributed by atoms with Crippen LogP contribution in [0.25, 0.3) is 0 Å². The SMILES string of the molecule is CCCCC(NC(=O)CC(N)=O)C(=O)O. The van der Waals surface area contributed by atoms with Gasteiger partial charge in [0.1, 0.15) is 12.5 Å². The predicted octanol–water partition coefficient (Wildman–Crippen LogP) is -0.379. The number of amides is 2. The zero-order chi connectivity index (χ0) is 11.8. The maximum Gasteiger partial charge on any atom is 0.326 e. The minimum atomic E-state index is -1.10. The van der Waals surface area contributed by atoms with E-state index in [0.717, 1.165) is 6.42 Å². The first-order chi connectivity index (χ1) is 6.97. The first kappa shape index (κ1) is 13.4. The van der Waals surface area contributed by atoms with Crippen LogP contribution in [0, 0.1) is 0 Å². The second-order valence-corrected chi connectivity index (χ2v) is 3.24. The Bertz CT molecular complexity index is 252. The smallest absolute Gasteiger partial charge is 0.326 e. The lowest BCUT2D eigenvalue weighted by Gasteiger charge is -2.13. The normalized spacial score (nSPS) is 11.8. The zero-order valence-corrected chi connectivity index (χ0v) is 8.66. The summed E-state index contributed by atoms with van der Waals surface area (Å²) in [7, 11) is 0. The van der Waals surface area contributed by atoms with Crippen molar-refractivity contribution in [3.8, 4) is 0 Å². The summed E-state index contributed by atoms with van der Waals surface area (Å²) in [5.41, 5.74) is 4.80. The van der Waals surface area contributed by atoms with E-state index in [1.807, 2.05) is 6.92 Å². The van der Waals surface area contributed by atoms with Gasteiger partial charge in [0.2, 0.25) is 11.8 Å². The van der Waals surface area contributed by atoms with Crippen LogP contribution in [0.15, 0.2) is 0 Å². The molecule has 0 aliphatic heterocycles. The highest BCUT2D eigenvalue weighted by Crippen LogP contribution is 2.01. The van der Waals surface area contributed by atoms with Gasteiger partial charge in [0.25, 0.3) is 0 Å². The van der Waals surface area contributed by atoms with Gasteiger partial charge in [0, 0.05) is 0 Å². The molecule has 0 spiro atoms. The molecule has 2 amide bonds. The first-order valence-corrected chi connectivity index (χ1v) is 4.77. The van der Waals surface area contributed by atoms with Crippen molar-refractivity contribution >= 4 is 17.8 Å². The Labute approximate surface area is 87.8 Å². The van der Waals surface area contributed by atoms with E-state index in [9.17, 15) is 14.4 Å². The molecule has 0 aliphatic rings. The summed E-state index contributed by atoms with van der Waals surface area (Å²) in [4.78, 5) is 32.1. The van der Waals surface area contributed by atoms with Crippen molar-refractivity contribution in [2.75, 3.05) is 0 Å². The van der Waals surface area contributed by atoms with Gasteiger partial charge in [0.05, 0.1) is 0 Å². The summed E-state index contributed by atoms with van der Waals surface area (Å²) in [5.74, 6) is -2.51. The number of primary amides is 1. The maximum atomic E-state index is 11.1. The van der Waals surface area contributed by atoms with E-state index in [1.54, 1.807) is 0 Å². The molecular weight excluding hydrogens is 200 g/mol. The summed E-state index contributed by atoms with van der Waals surface area (Å²) in [6, 6.07) is -0.934. The summed E-state index contributed by atoms with van der Waals surface area (Å²) >= 11 is 0. The van der Waals surface area contributed by atoms with Crippen LogP contribution < -0.4 is 11.1 Å². The fourth-order valence-corrected chi connectivity index (χ4v) is 1.07. The number of nitrogens with one attached hydrogen (secondary N) is 1. The van der Waals surface area contributed by atoms with Gasteiger partial charge >= 0.3 is 5.97 Å². The van der Waals surface area contributed by atoms with E-state index in [4.69, 9.17) is 10.8 Å². The van der Waals surface area contributed by atoms with Gasteiger partial charge < -0.3 is 16.2 Å². The molecule has 0 fully saturated rings. The number of carboxylic acids is 1. The topological polar surface area (TPSA) is 109 Å². The van der Waals surface area contributed by atoms with Crippen LogP contribution in [0.2, 0.25) is 0 Å². The Morgan fingerprint density at radius 1 is 1.40 bits per heavy atom. The fourth-order valence-electron chi connectivity index (χ4n) is 1.07. The Morgan fingerprint density at radius 2 is 2.00 bits per heavy atom. The zero-order valence-electron chi connectivity index (χ0n) is 8.66. The van der Waals surface area contributed by atoms with Gasteiger partial charge in [-0.3, -0.25) is 9.59 Å². The summed E-state index contributed by atoms with van der Waals surface area (Å²) in [6.45, 7) is 1.92. The molecular formula is C9H16N2O4. The molecule has 6 heteroatoms. The Kier molecular flexibility index (Phi) is 6.08. The minimum absolute atomic E-state index is 0.357. The summed E-state index contributed by atoms with van der Waals surface area (Å²) in [6.07, 6.45) is 1.43. The maximum absolute atomic E-state index is 11.1. The first-order valence-electron chi connectivity index (χ1n) is 4.77. The number of nitrogens with two attached hydrogens (primary N) is 1. The number of carbonyl (C=O) groups is 3. The number of aliphatic carboxylic acids is 1. The van der Waals surface area contributed by atoms with Crippen molar-refractivity contribution in [3.05, 3.63) is 0 Å². The van der Waals surface area contributed by atoms with Gasteiger partial charge in [-0.15, -0.1) is 0 Å². The van der Waals surface area contributed by atoms with Crippen molar-refractivity contribution < 1.29 is 19.5 Å². The van der Waals surface area contributed by atoms with Crippen LogP contribution in [-0.2, 0) is 14.4 Å². The number of hydrogen-bond donors (Lipinski definition) is 3. The summed E-state index contributed by atoms with van der Waals surface area (Å²) < 4.78 is 0. The molecule has 4 N–H and O–H groups in total. The number of unbranched alkanes of at least 4 members (excludes halogenated alkanes) is 1. The largest absolute Gasteiger partial charge is 0.480 e. The molecule has 1 atom stereocenters. The monoisotopic (exact) mass is 216 g/mol. The molecule has 0 heterocycles. The minimum Gasteiger partial charge on any atom is -0.480 e. The van der Waals surface area contributed by atoms with Gasteiger partial charge in [-0.2, -0.15) is 0 Å². The van der Waals surface area contributed by atoms with Crippen LogP contribution in [0.5, 0.6) is 0 Å². The Hall–Kier alpha value is -1.59. The Morgan fingerprint density at radius 3 is 2.40 bits per heavy atom. The van der Waals surface area contributed by atoms with Gasteiger partial charge in [-0.05, 0) is 6.42 Å². The quantitative estimate of drug-likeness (QED) is 0.504. The highest BCUT2D eigenvalue weighted by Gasteiger charge is 2.19. The van der Waals surface area contributed by atoms with E-state index in [-0.39, 0.29) is 0 Å². The number of carbonyl (C=O) groups excluding carboxylic acids is 2. The summed E-state index contributed by atoms with van der Waals surface area (Å²) in [5, 5.41) is 11.0. The molecule has 0 radical (unpaired) electrons. The third-order valence-corrected chi connectivity index (χ3v) is 1.81. The van der Waals surface area contributed by atoms with E-state index in [1.165, 1.54) is 0 Å². The van der Waals surface area contributed by atoms with E-state index >= 15 is 0 Å². The van der Waals surface area contributed by atoms with E-state index in [2.05, 4.69) is 5.32 Å². The van der Waals surface area contributed by atoms with Gasteiger partial charge in [0.15, 0.2) is 0 Å². The lowest BCUT2D eigenvalue weighted by atomic mass is 10.1. The van der Waals surface area contributed by atoms with Crippen molar-refractivity contribution in [1.82, 2.24) is 5.32 Å². The number of carboxylic acid groups (broad SMARTS) is 1. The van der Waals surface area contributed by atoms with Crippen molar-refractivity contribution in [2.24, 2.45) is 5.73 Å². The van der Waals surface area contributed by atoms with Crippen molar-refractivity contribution in [2.45, 2.75) is 38.6 Å². The van der Waals surface area contributed by atoms with E-state index in [0.29, 0.717) is 12.8 Å². The molecule has 0 aromatic heterocycles. The molecule has 0 bridgehead atoms. The van der Waals surface area contributed by atoms with Crippen molar-refractivity contribution in [3.63, 3.8) is 0 Å². The van der Waals surface area contributed by atoms with Crippen LogP contribution in [0.1, 0.15) is 32.6 Å². The third-order valence-electron chi connectivity index (χ3n) is 1.81. The molecule has 86 valence electrons. The molecule has 0 saturated carbocycles. The second-order valence-electron chi connectivity index (χ2n) is 3.24. The van der Waals surface area contributed by atoms with Gasteiger partial charge in [-0.1, -0.05) is 19.8 Å². The molecule has 0 aromatic rings. The highest BCUT2D eigenvalue weighted by atomic mass is 16.4. The second kappa shape index (κ2) is 6.80. The predicted molar refractivity (Wildman–Crippen MR) is 52.9 cm³/mol. The highest BCUT2D eigenvalue weighted by molar-refractivity contribution is 5.97. The molecule has 0 aliphatic carbocycles. The number of rotatable bonds is 7. The molecule has 0 rings (SSSR count). The van der Waals surface area contributed by atoms with E-state index < -0.39 is 30.2 Å². The van der Waals surface area contributed by atoms with Crippen molar-refractivity contribution in [1.29, 1.82) is 0 Å². The third kappa shape index (κ3) is 6.48. The lowest BCUT2D eigenvalue weighted by Crippen LogP contribution is -2.42. The van der Waals surface area contributed by atoms with Crippen LogP contribution in [0.4, 0.5) is 0 Å². The lowest BCUT2D eigenvalue weighted by molar-refractivity contribution is -0.142. The van der Waals surface area contributed by atoms with Crippen LogP contribution >= 0.6 is 0 Å². The number of hydrogen-bond acceptors (Lipinski definition) is 3. The fraction of sp³-hybridized carbons (Fsp3) is 0.667. The molecule has 6 nitrogen and oxygen atoms in total. The van der Waals surface area contributed by atoms with Crippen LogP contribution in [-0.4, -0.2) is 28.9 Å². The Balaban J connectivity index is 4.10.